The Morgan fingerprint density at radius 3 is 2.64 bits per heavy atom. The lowest BCUT2D eigenvalue weighted by atomic mass is 9.94. The predicted octanol–water partition coefficient (Wildman–Crippen LogP) is 0.908. The Labute approximate surface area is 131 Å². The molecule has 7 unspecified atom stereocenters. The average Bonchev–Trinajstić information content (AvgIpc) is 2.96. The first-order chi connectivity index (χ1) is 10.6. The summed E-state index contributed by atoms with van der Waals surface area (Å²) in [5.41, 5.74) is 0. The molecule has 4 aliphatic rings. The van der Waals surface area contributed by atoms with Crippen molar-refractivity contribution in [1.82, 2.24) is 15.5 Å². The van der Waals surface area contributed by atoms with E-state index < -0.39 is 6.17 Å². The standard InChI is InChI=1S/C16H25FN4O/c1-21-10-2-3-11(21)5-9(4-10)19-16-13(17)7-15-14(20-16)6-12(8-18)22-15/h9-16,19-20H,2-7H2,1H3. The highest BCUT2D eigenvalue weighted by molar-refractivity contribution is 5.04. The van der Waals surface area contributed by atoms with Crippen LogP contribution >= 0.6 is 0 Å². The molecular formula is C16H25FN4O. The topological polar surface area (TPSA) is 60.3 Å². The van der Waals surface area contributed by atoms with Gasteiger partial charge in [0.25, 0.3) is 0 Å². The van der Waals surface area contributed by atoms with Gasteiger partial charge in [-0.1, -0.05) is 0 Å². The molecule has 0 aliphatic carbocycles. The number of nitriles is 1. The van der Waals surface area contributed by atoms with Crippen LogP contribution in [-0.2, 0) is 4.74 Å². The molecule has 2 N–H and O–H groups in total. The van der Waals surface area contributed by atoms with Gasteiger partial charge in [-0.15, -0.1) is 0 Å². The number of halogens is 1. The van der Waals surface area contributed by atoms with E-state index in [1.165, 1.54) is 12.8 Å². The summed E-state index contributed by atoms with van der Waals surface area (Å²) in [5, 5.41) is 15.9. The minimum Gasteiger partial charge on any atom is -0.358 e. The Morgan fingerprint density at radius 1 is 1.23 bits per heavy atom. The number of rotatable bonds is 2. The lowest BCUT2D eigenvalue weighted by molar-refractivity contribution is 0.00375. The van der Waals surface area contributed by atoms with Gasteiger partial charge >= 0.3 is 0 Å². The predicted molar refractivity (Wildman–Crippen MR) is 79.8 cm³/mol. The second-order valence-electron chi connectivity index (χ2n) is 7.42. The number of piperidine rings is 2. The zero-order valence-electron chi connectivity index (χ0n) is 13.0. The van der Waals surface area contributed by atoms with Gasteiger partial charge in [-0.25, -0.2) is 4.39 Å². The molecule has 4 aliphatic heterocycles. The van der Waals surface area contributed by atoms with Crippen LogP contribution in [0.25, 0.3) is 0 Å². The van der Waals surface area contributed by atoms with Crippen LogP contribution in [0.3, 0.4) is 0 Å². The van der Waals surface area contributed by atoms with Crippen molar-refractivity contribution in [3.63, 3.8) is 0 Å². The Morgan fingerprint density at radius 2 is 1.95 bits per heavy atom. The van der Waals surface area contributed by atoms with Gasteiger partial charge in [-0.05, 0) is 32.7 Å². The molecule has 0 amide bonds. The smallest absolute Gasteiger partial charge is 0.146 e. The number of fused-ring (bicyclic) bond motifs is 3. The summed E-state index contributed by atoms with van der Waals surface area (Å²) in [6.07, 6.45) is 4.08. The Hall–Kier alpha value is -0.740. The summed E-state index contributed by atoms with van der Waals surface area (Å²) in [6, 6.07) is 3.96. The zero-order chi connectivity index (χ0) is 15.3. The highest BCUT2D eigenvalue weighted by Crippen LogP contribution is 2.35. The van der Waals surface area contributed by atoms with Crippen LogP contribution in [0, 0.1) is 11.3 Å². The van der Waals surface area contributed by atoms with Gasteiger partial charge in [0.1, 0.15) is 12.3 Å². The average molecular weight is 308 g/mol. The maximum Gasteiger partial charge on any atom is 0.146 e. The van der Waals surface area contributed by atoms with Crippen molar-refractivity contribution in [1.29, 1.82) is 5.26 Å². The van der Waals surface area contributed by atoms with Crippen molar-refractivity contribution < 1.29 is 9.13 Å². The molecule has 0 spiro atoms. The third-order valence-corrected chi connectivity index (χ3v) is 6.13. The van der Waals surface area contributed by atoms with E-state index in [1.54, 1.807) is 0 Å². The first-order valence-electron chi connectivity index (χ1n) is 8.57. The molecule has 6 heteroatoms. The maximum absolute atomic E-state index is 14.5. The van der Waals surface area contributed by atoms with Crippen LogP contribution in [0.5, 0.6) is 0 Å². The quantitative estimate of drug-likeness (QED) is 0.794. The fraction of sp³-hybridized carbons (Fsp3) is 0.938. The molecular weight excluding hydrogens is 283 g/mol. The summed E-state index contributed by atoms with van der Waals surface area (Å²) in [7, 11) is 2.22. The number of nitrogens with zero attached hydrogens (tertiary/aromatic N) is 2. The van der Waals surface area contributed by atoms with E-state index in [0.717, 1.165) is 12.8 Å². The van der Waals surface area contributed by atoms with Crippen molar-refractivity contribution in [2.45, 2.75) is 87.2 Å². The van der Waals surface area contributed by atoms with E-state index in [-0.39, 0.29) is 24.4 Å². The van der Waals surface area contributed by atoms with E-state index in [1.807, 2.05) is 0 Å². The SMILES string of the molecule is CN1C2CCC1CC(NC1NC3CC(C#N)OC3CC1F)C2. The van der Waals surface area contributed by atoms with Crippen molar-refractivity contribution in [2.24, 2.45) is 0 Å². The highest BCUT2D eigenvalue weighted by Gasteiger charge is 2.45. The fourth-order valence-corrected chi connectivity index (χ4v) is 4.87. The van der Waals surface area contributed by atoms with Gasteiger partial charge < -0.3 is 9.64 Å². The number of hydrogen-bond donors (Lipinski definition) is 2. The van der Waals surface area contributed by atoms with Gasteiger partial charge in [-0.2, -0.15) is 5.26 Å². The summed E-state index contributed by atoms with van der Waals surface area (Å²) in [6.45, 7) is 0. The van der Waals surface area contributed by atoms with Crippen molar-refractivity contribution in [3.8, 4) is 6.07 Å². The monoisotopic (exact) mass is 308 g/mol. The van der Waals surface area contributed by atoms with Gasteiger partial charge in [0.15, 0.2) is 0 Å². The molecule has 5 nitrogen and oxygen atoms in total. The second kappa shape index (κ2) is 5.72. The third-order valence-electron chi connectivity index (χ3n) is 6.13. The van der Waals surface area contributed by atoms with E-state index in [0.29, 0.717) is 31.0 Å². The third kappa shape index (κ3) is 2.54. The zero-order valence-corrected chi connectivity index (χ0v) is 13.0. The minimum absolute atomic E-state index is 0.108. The molecule has 22 heavy (non-hydrogen) atoms. The summed E-state index contributed by atoms with van der Waals surface area (Å²) >= 11 is 0. The molecule has 4 rings (SSSR count). The van der Waals surface area contributed by atoms with E-state index in [2.05, 4.69) is 28.7 Å². The Kier molecular flexibility index (Phi) is 3.85. The van der Waals surface area contributed by atoms with Crippen LogP contribution < -0.4 is 10.6 Å². The molecule has 2 bridgehead atoms. The molecule has 4 heterocycles. The molecule has 4 saturated heterocycles. The Bertz CT molecular complexity index is 456. The molecule has 0 aromatic heterocycles. The summed E-state index contributed by atoms with van der Waals surface area (Å²) in [4.78, 5) is 2.50. The maximum atomic E-state index is 14.5. The summed E-state index contributed by atoms with van der Waals surface area (Å²) in [5.74, 6) is 0. The van der Waals surface area contributed by atoms with E-state index in [9.17, 15) is 4.39 Å². The second-order valence-corrected chi connectivity index (χ2v) is 7.42. The molecule has 122 valence electrons. The molecule has 4 fully saturated rings. The van der Waals surface area contributed by atoms with E-state index >= 15 is 0 Å². The van der Waals surface area contributed by atoms with Crippen molar-refractivity contribution >= 4 is 0 Å². The molecule has 0 aromatic rings. The van der Waals surface area contributed by atoms with Crippen molar-refractivity contribution in [3.05, 3.63) is 0 Å². The lowest BCUT2D eigenvalue weighted by Gasteiger charge is -2.41. The first kappa shape index (κ1) is 14.8. The molecule has 7 atom stereocenters. The van der Waals surface area contributed by atoms with Gasteiger partial charge in [0.2, 0.25) is 0 Å². The largest absolute Gasteiger partial charge is 0.358 e. The van der Waals surface area contributed by atoms with E-state index in [4.69, 9.17) is 10.00 Å². The normalized spacial score (nSPS) is 51.5. The number of alkyl halides is 1. The summed E-state index contributed by atoms with van der Waals surface area (Å²) < 4.78 is 20.0. The van der Waals surface area contributed by atoms with Gasteiger partial charge in [0.05, 0.1) is 18.3 Å². The number of nitrogens with one attached hydrogen (secondary N) is 2. The van der Waals surface area contributed by atoms with Crippen LogP contribution in [0.1, 0.15) is 38.5 Å². The van der Waals surface area contributed by atoms with Crippen molar-refractivity contribution in [2.75, 3.05) is 7.05 Å². The van der Waals surface area contributed by atoms with Crippen LogP contribution in [0.4, 0.5) is 4.39 Å². The first-order valence-corrected chi connectivity index (χ1v) is 8.57. The lowest BCUT2D eigenvalue weighted by Crippen LogP contribution is -2.63. The fourth-order valence-electron chi connectivity index (χ4n) is 4.87. The van der Waals surface area contributed by atoms with Crippen LogP contribution in [-0.4, -0.2) is 60.7 Å². The molecule has 0 radical (unpaired) electrons. The van der Waals surface area contributed by atoms with Gasteiger partial charge in [-0.3, -0.25) is 10.6 Å². The molecule has 0 aromatic carbocycles. The highest BCUT2D eigenvalue weighted by atomic mass is 19.1. The van der Waals surface area contributed by atoms with Crippen LogP contribution in [0.2, 0.25) is 0 Å². The number of hydrogen-bond acceptors (Lipinski definition) is 5. The minimum atomic E-state index is -0.948. The van der Waals surface area contributed by atoms with Gasteiger partial charge in [0, 0.05) is 37.0 Å². The van der Waals surface area contributed by atoms with Crippen LogP contribution in [0.15, 0.2) is 0 Å². The molecule has 0 saturated carbocycles. The number of ether oxygens (including phenoxy) is 1. The Balaban J connectivity index is 1.36.